The molecule has 1 aliphatic rings. The van der Waals surface area contributed by atoms with E-state index in [-0.39, 0.29) is 17.3 Å². The third-order valence-corrected chi connectivity index (χ3v) is 4.86. The Morgan fingerprint density at radius 2 is 1.55 bits per heavy atom. The fraction of sp³-hybridized carbons (Fsp3) is 0.375. The number of carbonyl (C=O) groups excluding carboxylic acids is 2. The van der Waals surface area contributed by atoms with E-state index in [1.54, 1.807) is 24.3 Å². The topological polar surface area (TPSA) is 68.3 Å². The summed E-state index contributed by atoms with van der Waals surface area (Å²) in [6.07, 6.45) is 4.75. The number of hydrogen-bond donors (Lipinski definition) is 0. The van der Waals surface area contributed by atoms with Crippen LogP contribution in [0.2, 0.25) is 0 Å². The van der Waals surface area contributed by atoms with Gasteiger partial charge in [0.15, 0.2) is 11.6 Å². The highest BCUT2D eigenvalue weighted by atomic mass is 35.7. The summed E-state index contributed by atoms with van der Waals surface area (Å²) in [5.41, 5.74) is 1.47. The lowest BCUT2D eigenvalue weighted by atomic mass is 9.87. The van der Waals surface area contributed by atoms with Crippen LogP contribution in [0.25, 0.3) is 0 Å². The van der Waals surface area contributed by atoms with Gasteiger partial charge in [-0.3, -0.25) is 9.59 Å². The Balaban J connectivity index is 1.85. The number of fused-ring (bicyclic) bond motifs is 1. The van der Waals surface area contributed by atoms with Crippen molar-refractivity contribution in [3.63, 3.8) is 0 Å². The van der Waals surface area contributed by atoms with E-state index in [4.69, 9.17) is 10.7 Å². The molecule has 0 fully saturated rings. The third kappa shape index (κ3) is 4.52. The minimum atomic E-state index is -3.42. The molecule has 118 valence electrons. The van der Waals surface area contributed by atoms with Crippen molar-refractivity contribution in [1.29, 1.82) is 0 Å². The number of rotatable bonds is 7. The van der Waals surface area contributed by atoms with Gasteiger partial charge in [0, 0.05) is 27.4 Å². The van der Waals surface area contributed by atoms with Crippen LogP contribution in [0.1, 0.15) is 52.8 Å². The van der Waals surface area contributed by atoms with E-state index in [1.807, 2.05) is 0 Å². The van der Waals surface area contributed by atoms with E-state index >= 15 is 0 Å². The molecule has 1 aromatic carbocycles. The van der Waals surface area contributed by atoms with Gasteiger partial charge in [0.25, 0.3) is 0 Å². The van der Waals surface area contributed by atoms with Gasteiger partial charge in [-0.25, -0.2) is 8.42 Å². The highest BCUT2D eigenvalue weighted by Crippen LogP contribution is 2.24. The number of benzene rings is 1. The molecule has 0 bridgehead atoms. The summed E-state index contributed by atoms with van der Waals surface area (Å²) in [5, 5.41) is 0. The summed E-state index contributed by atoms with van der Waals surface area (Å²) in [7, 11) is 1.71. The van der Waals surface area contributed by atoms with Gasteiger partial charge in [-0.1, -0.05) is 37.1 Å². The van der Waals surface area contributed by atoms with Crippen LogP contribution in [0.3, 0.4) is 0 Å². The number of unbranched alkanes of at least 4 members (excludes halogenated alkanes) is 3. The van der Waals surface area contributed by atoms with Gasteiger partial charge in [-0.05, 0) is 25.3 Å². The standard InChI is InChI=1S/C16H17ClO4S/c17-22(20,21)10-6-2-1-3-7-12-11-15(18)13-8-4-5-9-14(13)16(12)19/h4-5,8-9,11H,1-3,6-7,10H2. The maximum Gasteiger partial charge on any atom is 0.232 e. The summed E-state index contributed by atoms with van der Waals surface area (Å²) in [6.45, 7) is 0. The fourth-order valence-electron chi connectivity index (χ4n) is 2.50. The largest absolute Gasteiger partial charge is 0.289 e. The Labute approximate surface area is 134 Å². The van der Waals surface area contributed by atoms with Crippen LogP contribution in [0.5, 0.6) is 0 Å². The Hall–Kier alpha value is -1.46. The Morgan fingerprint density at radius 3 is 2.23 bits per heavy atom. The van der Waals surface area contributed by atoms with E-state index in [1.165, 1.54) is 6.08 Å². The second-order valence-electron chi connectivity index (χ2n) is 5.32. The number of hydrogen-bond acceptors (Lipinski definition) is 4. The SMILES string of the molecule is O=C1C=C(CCCCCCS(=O)(=O)Cl)C(=O)c2ccccc21. The normalized spacial score (nSPS) is 14.7. The van der Waals surface area contributed by atoms with Crippen LogP contribution in [0, 0.1) is 0 Å². The van der Waals surface area contributed by atoms with Gasteiger partial charge < -0.3 is 0 Å². The first-order valence-electron chi connectivity index (χ1n) is 7.19. The molecule has 0 aromatic heterocycles. The van der Waals surface area contributed by atoms with E-state index in [2.05, 4.69) is 0 Å². The quantitative estimate of drug-likeness (QED) is 0.562. The van der Waals surface area contributed by atoms with E-state index in [0.717, 1.165) is 19.3 Å². The predicted octanol–water partition coefficient (Wildman–Crippen LogP) is 3.51. The molecule has 0 aliphatic heterocycles. The minimum Gasteiger partial charge on any atom is -0.289 e. The van der Waals surface area contributed by atoms with Crippen LogP contribution in [0.15, 0.2) is 35.9 Å². The van der Waals surface area contributed by atoms with Crippen LogP contribution >= 0.6 is 10.7 Å². The molecule has 1 aliphatic carbocycles. The molecule has 6 heteroatoms. The average molecular weight is 341 g/mol. The second-order valence-corrected chi connectivity index (χ2v) is 8.21. The number of Topliss-reactive ketones (excluding diaryl/α,β-unsaturated/α-hetero) is 1. The Bertz CT molecular complexity index is 719. The zero-order valence-corrected chi connectivity index (χ0v) is 13.6. The minimum absolute atomic E-state index is 0.0258. The van der Waals surface area contributed by atoms with Crippen LogP contribution in [0.4, 0.5) is 0 Å². The van der Waals surface area contributed by atoms with Crippen molar-refractivity contribution in [3.8, 4) is 0 Å². The lowest BCUT2D eigenvalue weighted by molar-refractivity contribution is 0.0981. The number of carbonyl (C=O) groups is 2. The van der Waals surface area contributed by atoms with Crippen molar-refractivity contribution in [3.05, 3.63) is 47.0 Å². The van der Waals surface area contributed by atoms with Gasteiger partial charge >= 0.3 is 0 Å². The summed E-state index contributed by atoms with van der Waals surface area (Å²) in [6, 6.07) is 6.83. The zero-order valence-electron chi connectivity index (χ0n) is 12.0. The molecule has 0 N–H and O–H groups in total. The van der Waals surface area contributed by atoms with Gasteiger partial charge in [0.05, 0.1) is 5.75 Å². The third-order valence-electron chi connectivity index (χ3n) is 3.62. The first-order chi connectivity index (χ1) is 10.4. The summed E-state index contributed by atoms with van der Waals surface area (Å²) >= 11 is 0. The summed E-state index contributed by atoms with van der Waals surface area (Å²) < 4.78 is 21.6. The number of allylic oxidation sites excluding steroid dienone is 2. The zero-order chi connectivity index (χ0) is 16.2. The monoisotopic (exact) mass is 340 g/mol. The van der Waals surface area contributed by atoms with Crippen molar-refractivity contribution in [2.24, 2.45) is 0 Å². The van der Waals surface area contributed by atoms with Crippen molar-refractivity contribution < 1.29 is 18.0 Å². The Morgan fingerprint density at radius 1 is 0.909 bits per heavy atom. The number of halogens is 1. The highest BCUT2D eigenvalue weighted by molar-refractivity contribution is 8.13. The average Bonchev–Trinajstić information content (AvgIpc) is 2.46. The first-order valence-corrected chi connectivity index (χ1v) is 9.67. The molecule has 22 heavy (non-hydrogen) atoms. The highest BCUT2D eigenvalue weighted by Gasteiger charge is 2.24. The fourth-order valence-corrected chi connectivity index (χ4v) is 3.38. The molecule has 4 nitrogen and oxygen atoms in total. The molecule has 0 saturated heterocycles. The molecule has 0 unspecified atom stereocenters. The van der Waals surface area contributed by atoms with Crippen molar-refractivity contribution in [1.82, 2.24) is 0 Å². The van der Waals surface area contributed by atoms with Crippen LogP contribution in [-0.2, 0) is 9.05 Å². The van der Waals surface area contributed by atoms with E-state index < -0.39 is 9.05 Å². The molecule has 1 aromatic rings. The maximum atomic E-state index is 12.3. The Kier molecular flexibility index (Phi) is 5.53. The van der Waals surface area contributed by atoms with Crippen LogP contribution < -0.4 is 0 Å². The molecule has 0 saturated carbocycles. The lowest BCUT2D eigenvalue weighted by Gasteiger charge is -2.14. The molecular weight excluding hydrogens is 324 g/mol. The summed E-state index contributed by atoms with van der Waals surface area (Å²) in [5.74, 6) is -0.237. The summed E-state index contributed by atoms with van der Waals surface area (Å²) in [4.78, 5) is 24.3. The van der Waals surface area contributed by atoms with Gasteiger partial charge in [0.2, 0.25) is 9.05 Å². The molecule has 2 rings (SSSR count). The van der Waals surface area contributed by atoms with Gasteiger partial charge in [0.1, 0.15) is 0 Å². The predicted molar refractivity (Wildman–Crippen MR) is 85.9 cm³/mol. The molecule has 0 heterocycles. The molecular formula is C16H17ClO4S. The van der Waals surface area contributed by atoms with Crippen molar-refractivity contribution in [2.75, 3.05) is 5.75 Å². The van der Waals surface area contributed by atoms with E-state index in [0.29, 0.717) is 29.5 Å². The van der Waals surface area contributed by atoms with Crippen molar-refractivity contribution >= 4 is 31.3 Å². The first kappa shape index (κ1) is 16.9. The molecule has 0 radical (unpaired) electrons. The number of ketones is 2. The smallest absolute Gasteiger partial charge is 0.232 e. The van der Waals surface area contributed by atoms with Crippen LogP contribution in [-0.4, -0.2) is 25.7 Å². The van der Waals surface area contributed by atoms with Crippen molar-refractivity contribution in [2.45, 2.75) is 32.1 Å². The van der Waals surface area contributed by atoms with E-state index in [9.17, 15) is 18.0 Å². The molecule has 0 spiro atoms. The van der Waals surface area contributed by atoms with Gasteiger partial charge in [-0.2, -0.15) is 0 Å². The molecule has 0 atom stereocenters. The maximum absolute atomic E-state index is 12.3. The lowest BCUT2D eigenvalue weighted by Crippen LogP contribution is -2.16. The second kappa shape index (κ2) is 7.20. The van der Waals surface area contributed by atoms with Gasteiger partial charge in [-0.15, -0.1) is 0 Å². The molecule has 0 amide bonds.